The van der Waals surface area contributed by atoms with E-state index in [1.54, 1.807) is 6.92 Å². The number of carboxylic acid groups (broad SMARTS) is 2. The first-order valence-electron chi connectivity index (χ1n) is 11.7. The molecule has 0 saturated carbocycles. The molecule has 0 aromatic heterocycles. The second-order valence-electron chi connectivity index (χ2n) is 8.11. The van der Waals surface area contributed by atoms with Crippen molar-refractivity contribution in [3.63, 3.8) is 0 Å². The molecule has 196 valence electrons. The van der Waals surface area contributed by atoms with E-state index in [0.29, 0.717) is 24.9 Å². The van der Waals surface area contributed by atoms with Crippen molar-refractivity contribution in [1.29, 1.82) is 0 Å². The Kier molecular flexibility index (Phi) is 12.2. The van der Waals surface area contributed by atoms with Crippen molar-refractivity contribution in [2.75, 3.05) is 26.4 Å². The number of carboxylic acids is 2. The van der Waals surface area contributed by atoms with Crippen LogP contribution in [-0.2, 0) is 32.0 Å². The van der Waals surface area contributed by atoms with Gasteiger partial charge in [0.25, 0.3) is 0 Å². The van der Waals surface area contributed by atoms with Crippen LogP contribution in [-0.4, -0.2) is 71.7 Å². The third-order valence-electron chi connectivity index (χ3n) is 5.32. The minimum absolute atomic E-state index is 0.0697. The van der Waals surface area contributed by atoms with Crippen molar-refractivity contribution >= 4 is 17.9 Å². The number of para-hydroxylation sites is 1. The highest BCUT2D eigenvalue weighted by Gasteiger charge is 2.18. The molecule has 4 N–H and O–H groups in total. The molecule has 2 atom stereocenters. The second-order valence-corrected chi connectivity index (χ2v) is 8.11. The Hall–Kier alpha value is -3.63. The van der Waals surface area contributed by atoms with Gasteiger partial charge in [-0.15, -0.1) is 0 Å². The summed E-state index contributed by atoms with van der Waals surface area (Å²) in [5, 5.41) is 28.5. The number of benzene rings is 2. The van der Waals surface area contributed by atoms with Gasteiger partial charge in [0.05, 0.1) is 6.61 Å². The number of aliphatic hydroxyl groups is 1. The number of aliphatic hydroxyl groups excluding tert-OH is 1. The molecular formula is C26H33NO9. The number of carbonyl (C=O) groups excluding carboxylic acids is 1. The van der Waals surface area contributed by atoms with Gasteiger partial charge in [0, 0.05) is 12.6 Å². The third-order valence-corrected chi connectivity index (χ3v) is 5.32. The Morgan fingerprint density at radius 1 is 1.00 bits per heavy atom. The van der Waals surface area contributed by atoms with Crippen molar-refractivity contribution in [1.82, 2.24) is 5.32 Å². The third kappa shape index (κ3) is 10.7. The maximum Gasteiger partial charge on any atom is 0.414 e. The summed E-state index contributed by atoms with van der Waals surface area (Å²) >= 11 is 0. The molecule has 0 saturated heterocycles. The fraction of sp³-hybridized carbons (Fsp3) is 0.423. The Morgan fingerprint density at radius 2 is 1.72 bits per heavy atom. The zero-order valence-corrected chi connectivity index (χ0v) is 20.2. The molecule has 0 fully saturated rings. The maximum atomic E-state index is 11.5. The first-order chi connectivity index (χ1) is 17.3. The first-order valence-corrected chi connectivity index (χ1v) is 11.7. The van der Waals surface area contributed by atoms with Gasteiger partial charge in [-0.05, 0) is 68.0 Å². The van der Waals surface area contributed by atoms with Gasteiger partial charge in [-0.2, -0.15) is 0 Å². The van der Waals surface area contributed by atoms with Crippen LogP contribution < -0.4 is 14.8 Å². The molecule has 0 radical (unpaired) electrons. The molecule has 0 aliphatic heterocycles. The molecule has 1 aliphatic carbocycles. The molecule has 0 bridgehead atoms. The van der Waals surface area contributed by atoms with Crippen LogP contribution in [0.2, 0.25) is 0 Å². The van der Waals surface area contributed by atoms with Crippen molar-refractivity contribution in [3.8, 4) is 11.5 Å². The quantitative estimate of drug-likeness (QED) is 0.215. The number of esters is 1. The summed E-state index contributed by atoms with van der Waals surface area (Å²) in [5.74, 6) is -2.54. The van der Waals surface area contributed by atoms with E-state index in [1.807, 2.05) is 42.5 Å². The SMILES string of the molecule is CCOC(=O)COc1ccc2c(c1)CCCC(NC[C@H](O)COc1ccccc1)C2.O=C(O)C(=O)O. The Balaban J connectivity index is 0.000000678. The molecule has 0 spiro atoms. The zero-order valence-electron chi connectivity index (χ0n) is 20.2. The van der Waals surface area contributed by atoms with Gasteiger partial charge >= 0.3 is 17.9 Å². The minimum atomic E-state index is -1.82. The van der Waals surface area contributed by atoms with Crippen LogP contribution in [0.25, 0.3) is 0 Å². The highest BCUT2D eigenvalue weighted by atomic mass is 16.6. The van der Waals surface area contributed by atoms with Crippen molar-refractivity contribution in [2.45, 2.75) is 44.8 Å². The van der Waals surface area contributed by atoms with E-state index in [2.05, 4.69) is 11.4 Å². The number of carbonyl (C=O) groups is 3. The summed E-state index contributed by atoms with van der Waals surface area (Å²) in [7, 11) is 0. The van der Waals surface area contributed by atoms with E-state index in [1.165, 1.54) is 11.1 Å². The average molecular weight is 504 g/mol. The first kappa shape index (κ1) is 28.6. The summed E-state index contributed by atoms with van der Waals surface area (Å²) in [6.07, 6.45) is 3.41. The highest BCUT2D eigenvalue weighted by molar-refractivity contribution is 6.27. The lowest BCUT2D eigenvalue weighted by Gasteiger charge is -2.20. The van der Waals surface area contributed by atoms with Gasteiger partial charge in [0.1, 0.15) is 24.2 Å². The number of hydrogen-bond acceptors (Lipinski definition) is 8. The van der Waals surface area contributed by atoms with E-state index in [9.17, 15) is 9.90 Å². The fourth-order valence-electron chi connectivity index (χ4n) is 3.62. The Bertz CT molecular complexity index is 969. The molecule has 2 aromatic carbocycles. The Morgan fingerprint density at radius 3 is 2.39 bits per heavy atom. The van der Waals surface area contributed by atoms with Crippen LogP contribution >= 0.6 is 0 Å². The number of fused-ring (bicyclic) bond motifs is 1. The number of rotatable bonds is 10. The monoisotopic (exact) mass is 503 g/mol. The number of nitrogens with one attached hydrogen (secondary N) is 1. The van der Waals surface area contributed by atoms with Crippen LogP contribution in [0.5, 0.6) is 11.5 Å². The number of ether oxygens (including phenoxy) is 3. The standard InChI is InChI=1S/C24H31NO5.C2H2O4/c1-2-28-24(27)17-30-23-12-11-19-13-20(8-6-7-18(19)14-23)25-15-21(26)16-29-22-9-4-3-5-10-22;3-1(4)2(5)6/h3-5,9-12,14,20-21,25-26H,2,6-8,13,15-17H2,1H3;(H,3,4)(H,5,6)/t20?,21-;/m0./s1. The molecule has 1 aliphatic rings. The van der Waals surface area contributed by atoms with Crippen molar-refractivity contribution < 1.29 is 43.9 Å². The number of aryl methyl sites for hydroxylation is 1. The van der Waals surface area contributed by atoms with E-state index in [-0.39, 0.29) is 19.2 Å². The molecular weight excluding hydrogens is 470 g/mol. The largest absolute Gasteiger partial charge is 0.491 e. The van der Waals surface area contributed by atoms with Gasteiger partial charge in [-0.3, -0.25) is 0 Å². The summed E-state index contributed by atoms with van der Waals surface area (Å²) < 4.78 is 16.1. The average Bonchev–Trinajstić information content (AvgIpc) is 3.07. The summed E-state index contributed by atoms with van der Waals surface area (Å²) in [6, 6.07) is 15.8. The van der Waals surface area contributed by atoms with E-state index < -0.39 is 18.0 Å². The summed E-state index contributed by atoms with van der Waals surface area (Å²) in [6.45, 7) is 2.82. The predicted molar refractivity (Wildman–Crippen MR) is 130 cm³/mol. The van der Waals surface area contributed by atoms with Crippen molar-refractivity contribution in [2.24, 2.45) is 0 Å². The normalized spacial score (nSPS) is 15.2. The number of aliphatic carboxylic acids is 2. The molecule has 10 heteroatoms. The second kappa shape index (κ2) is 15.4. The van der Waals surface area contributed by atoms with E-state index in [4.69, 9.17) is 34.0 Å². The lowest BCUT2D eigenvalue weighted by molar-refractivity contribution is -0.159. The smallest absolute Gasteiger partial charge is 0.414 e. The van der Waals surface area contributed by atoms with Crippen LogP contribution in [0.1, 0.15) is 30.9 Å². The zero-order chi connectivity index (χ0) is 26.3. The minimum Gasteiger partial charge on any atom is -0.491 e. The fourth-order valence-corrected chi connectivity index (χ4v) is 3.62. The van der Waals surface area contributed by atoms with Gasteiger partial charge < -0.3 is 34.8 Å². The molecule has 0 heterocycles. The molecule has 1 unspecified atom stereocenters. The van der Waals surface area contributed by atoms with Crippen LogP contribution in [0, 0.1) is 0 Å². The summed E-state index contributed by atoms with van der Waals surface area (Å²) in [4.78, 5) is 29.7. The van der Waals surface area contributed by atoms with Gasteiger partial charge in [-0.25, -0.2) is 14.4 Å². The lowest BCUT2D eigenvalue weighted by atomic mass is 10.0. The lowest BCUT2D eigenvalue weighted by Crippen LogP contribution is -2.39. The van der Waals surface area contributed by atoms with Gasteiger partial charge in [0.15, 0.2) is 6.61 Å². The van der Waals surface area contributed by atoms with Crippen molar-refractivity contribution in [3.05, 3.63) is 59.7 Å². The van der Waals surface area contributed by atoms with Crippen LogP contribution in [0.4, 0.5) is 0 Å². The van der Waals surface area contributed by atoms with Gasteiger partial charge in [-0.1, -0.05) is 24.3 Å². The molecule has 0 amide bonds. The summed E-state index contributed by atoms with van der Waals surface area (Å²) in [5.41, 5.74) is 2.54. The maximum absolute atomic E-state index is 11.5. The topological polar surface area (TPSA) is 152 Å². The highest BCUT2D eigenvalue weighted by Crippen LogP contribution is 2.25. The molecule has 36 heavy (non-hydrogen) atoms. The van der Waals surface area contributed by atoms with Crippen LogP contribution in [0.3, 0.4) is 0 Å². The van der Waals surface area contributed by atoms with Crippen LogP contribution in [0.15, 0.2) is 48.5 Å². The Labute approximate surface area is 209 Å². The molecule has 10 nitrogen and oxygen atoms in total. The molecule has 3 rings (SSSR count). The van der Waals surface area contributed by atoms with Gasteiger partial charge in [0.2, 0.25) is 0 Å². The number of hydrogen-bond donors (Lipinski definition) is 4. The van der Waals surface area contributed by atoms with E-state index in [0.717, 1.165) is 31.4 Å². The predicted octanol–water partition coefficient (Wildman–Crippen LogP) is 2.06. The van der Waals surface area contributed by atoms with E-state index >= 15 is 0 Å². The molecule has 2 aromatic rings.